The van der Waals surface area contributed by atoms with Gasteiger partial charge in [-0.25, -0.2) is 0 Å². The van der Waals surface area contributed by atoms with Crippen LogP contribution in [-0.4, -0.2) is 40.8 Å². The van der Waals surface area contributed by atoms with E-state index >= 15 is 0 Å². The van der Waals surface area contributed by atoms with Crippen molar-refractivity contribution < 1.29 is 9.53 Å². The molecule has 2 aliphatic rings. The third-order valence-corrected chi connectivity index (χ3v) is 5.58. The number of hydrogen-bond donors (Lipinski definition) is 0. The number of aromatic nitrogens is 2. The van der Waals surface area contributed by atoms with Gasteiger partial charge in [0.05, 0.1) is 29.9 Å². The summed E-state index contributed by atoms with van der Waals surface area (Å²) in [7, 11) is 1.72. The van der Waals surface area contributed by atoms with Crippen molar-refractivity contribution in [2.24, 2.45) is 5.92 Å². The first kappa shape index (κ1) is 14.9. The van der Waals surface area contributed by atoms with Gasteiger partial charge in [-0.2, -0.15) is 5.10 Å². The monoisotopic (exact) mass is 331 g/mol. The second-order valence-electron chi connectivity index (χ2n) is 6.49. The number of ether oxygens (including phenoxy) is 1. The van der Waals surface area contributed by atoms with Crippen molar-refractivity contribution in [2.45, 2.75) is 31.8 Å². The molecule has 0 radical (unpaired) electrons. The van der Waals surface area contributed by atoms with Gasteiger partial charge in [-0.3, -0.25) is 9.48 Å². The third kappa shape index (κ3) is 2.93. The van der Waals surface area contributed by atoms with Crippen molar-refractivity contribution in [3.63, 3.8) is 0 Å². The van der Waals surface area contributed by atoms with Crippen molar-refractivity contribution in [2.75, 3.05) is 20.3 Å². The van der Waals surface area contributed by atoms with Gasteiger partial charge in [0.2, 0.25) is 0 Å². The Bertz CT molecular complexity index is 691. The number of nitrogens with zero attached hydrogens (tertiary/aromatic N) is 3. The number of carbonyl (C=O) groups excluding carboxylic acids is 1. The van der Waals surface area contributed by atoms with Crippen LogP contribution >= 0.6 is 11.3 Å². The highest BCUT2D eigenvalue weighted by Gasteiger charge is 2.33. The average molecular weight is 331 g/mol. The second-order valence-corrected chi connectivity index (χ2v) is 7.44. The maximum absolute atomic E-state index is 12.8. The molecule has 4 rings (SSSR count). The summed E-state index contributed by atoms with van der Waals surface area (Å²) < 4.78 is 7.50. The predicted octanol–water partition coefficient (Wildman–Crippen LogP) is 2.74. The fourth-order valence-electron chi connectivity index (χ4n) is 3.31. The largest absolute Gasteiger partial charge is 0.384 e. The molecule has 1 aliphatic carbocycles. The zero-order valence-corrected chi connectivity index (χ0v) is 14.1. The average Bonchev–Trinajstić information content (AvgIpc) is 3.05. The molecule has 0 bridgehead atoms. The topological polar surface area (TPSA) is 47.4 Å². The Labute approximate surface area is 139 Å². The SMILES string of the molecule is COC[C@H]1CN(C(=O)c2cccs2)Cc2c1cnn2CC1CC1. The lowest BCUT2D eigenvalue weighted by Gasteiger charge is -2.32. The van der Waals surface area contributed by atoms with Gasteiger partial charge in [-0.05, 0) is 30.2 Å². The molecule has 2 aromatic rings. The Morgan fingerprint density at radius 3 is 3.04 bits per heavy atom. The summed E-state index contributed by atoms with van der Waals surface area (Å²) in [5.74, 6) is 1.09. The van der Waals surface area contributed by atoms with Gasteiger partial charge < -0.3 is 9.64 Å². The first-order valence-electron chi connectivity index (χ1n) is 8.12. The minimum absolute atomic E-state index is 0.117. The third-order valence-electron chi connectivity index (χ3n) is 4.72. The minimum Gasteiger partial charge on any atom is -0.384 e. The van der Waals surface area contributed by atoms with Gasteiger partial charge in [0.1, 0.15) is 0 Å². The molecule has 2 aromatic heterocycles. The van der Waals surface area contributed by atoms with Crippen molar-refractivity contribution in [1.29, 1.82) is 0 Å². The number of thiophene rings is 1. The molecule has 0 saturated heterocycles. The first-order valence-corrected chi connectivity index (χ1v) is 9.00. The molecule has 1 atom stereocenters. The van der Waals surface area contributed by atoms with E-state index in [4.69, 9.17) is 4.74 Å². The van der Waals surface area contributed by atoms with Crippen LogP contribution in [0.2, 0.25) is 0 Å². The van der Waals surface area contributed by atoms with Gasteiger partial charge in [0, 0.05) is 31.7 Å². The van der Waals surface area contributed by atoms with Crippen molar-refractivity contribution in [3.05, 3.63) is 39.8 Å². The second kappa shape index (κ2) is 6.09. The van der Waals surface area contributed by atoms with Crippen LogP contribution in [0.15, 0.2) is 23.7 Å². The lowest BCUT2D eigenvalue weighted by Crippen LogP contribution is -2.39. The molecule has 0 spiro atoms. The van der Waals surface area contributed by atoms with Gasteiger partial charge in [-0.15, -0.1) is 11.3 Å². The molecule has 1 fully saturated rings. The Morgan fingerprint density at radius 1 is 1.48 bits per heavy atom. The van der Waals surface area contributed by atoms with Crippen LogP contribution < -0.4 is 0 Å². The summed E-state index contributed by atoms with van der Waals surface area (Å²) in [6.45, 7) is 2.96. The van der Waals surface area contributed by atoms with Crippen LogP contribution in [0.3, 0.4) is 0 Å². The maximum atomic E-state index is 12.8. The molecule has 3 heterocycles. The number of methoxy groups -OCH3 is 1. The lowest BCUT2D eigenvalue weighted by atomic mass is 9.95. The zero-order valence-electron chi connectivity index (χ0n) is 13.3. The zero-order chi connectivity index (χ0) is 15.8. The molecule has 1 saturated carbocycles. The summed E-state index contributed by atoms with van der Waals surface area (Å²) in [6.07, 6.45) is 4.58. The molecule has 23 heavy (non-hydrogen) atoms. The fraction of sp³-hybridized carbons (Fsp3) is 0.529. The lowest BCUT2D eigenvalue weighted by molar-refractivity contribution is 0.0679. The van der Waals surface area contributed by atoms with E-state index in [0.29, 0.717) is 19.7 Å². The fourth-order valence-corrected chi connectivity index (χ4v) is 4.00. The maximum Gasteiger partial charge on any atom is 0.264 e. The molecule has 5 nitrogen and oxygen atoms in total. The molecule has 0 N–H and O–H groups in total. The number of carbonyl (C=O) groups is 1. The van der Waals surface area contributed by atoms with E-state index in [9.17, 15) is 4.79 Å². The smallest absolute Gasteiger partial charge is 0.264 e. The van der Waals surface area contributed by atoms with E-state index in [2.05, 4.69) is 9.78 Å². The van der Waals surface area contributed by atoms with Gasteiger partial charge in [0.25, 0.3) is 5.91 Å². The number of rotatable bonds is 5. The van der Waals surface area contributed by atoms with Crippen LogP contribution in [0.1, 0.15) is 39.7 Å². The minimum atomic E-state index is 0.117. The van der Waals surface area contributed by atoms with Gasteiger partial charge >= 0.3 is 0 Å². The van der Waals surface area contributed by atoms with E-state index in [-0.39, 0.29) is 11.8 Å². The van der Waals surface area contributed by atoms with E-state index in [1.165, 1.54) is 35.4 Å². The highest BCUT2D eigenvalue weighted by molar-refractivity contribution is 7.12. The quantitative estimate of drug-likeness (QED) is 0.846. The molecule has 0 unspecified atom stereocenters. The van der Waals surface area contributed by atoms with Gasteiger partial charge in [-0.1, -0.05) is 6.07 Å². The normalized spacial score (nSPS) is 20.6. The van der Waals surface area contributed by atoms with Crippen LogP contribution in [0.5, 0.6) is 0 Å². The summed E-state index contributed by atoms with van der Waals surface area (Å²) in [5.41, 5.74) is 2.44. The highest BCUT2D eigenvalue weighted by Crippen LogP contribution is 2.34. The summed E-state index contributed by atoms with van der Waals surface area (Å²) in [5, 5.41) is 6.54. The molecular formula is C17H21N3O2S. The van der Waals surface area contributed by atoms with E-state index in [1.54, 1.807) is 7.11 Å². The number of amides is 1. The van der Waals surface area contributed by atoms with E-state index in [1.807, 2.05) is 28.6 Å². The Hall–Kier alpha value is -1.66. The molecule has 1 amide bonds. The van der Waals surface area contributed by atoms with Crippen LogP contribution in [0.25, 0.3) is 0 Å². The van der Waals surface area contributed by atoms with Crippen LogP contribution in [0.4, 0.5) is 0 Å². The van der Waals surface area contributed by atoms with E-state index < -0.39 is 0 Å². The van der Waals surface area contributed by atoms with Crippen molar-refractivity contribution in [1.82, 2.24) is 14.7 Å². The Kier molecular flexibility index (Phi) is 3.95. The molecular weight excluding hydrogens is 310 g/mol. The molecule has 122 valence electrons. The predicted molar refractivity (Wildman–Crippen MR) is 88.6 cm³/mol. The van der Waals surface area contributed by atoms with Crippen LogP contribution in [0, 0.1) is 5.92 Å². The van der Waals surface area contributed by atoms with Crippen molar-refractivity contribution in [3.8, 4) is 0 Å². The summed E-state index contributed by atoms with van der Waals surface area (Å²) in [4.78, 5) is 15.5. The van der Waals surface area contributed by atoms with Crippen LogP contribution in [-0.2, 0) is 17.8 Å². The highest BCUT2D eigenvalue weighted by atomic mass is 32.1. The Balaban J connectivity index is 1.62. The van der Waals surface area contributed by atoms with Gasteiger partial charge in [0.15, 0.2) is 0 Å². The summed E-state index contributed by atoms with van der Waals surface area (Å²) in [6, 6.07) is 3.83. The molecule has 6 heteroatoms. The summed E-state index contributed by atoms with van der Waals surface area (Å²) >= 11 is 1.50. The molecule has 0 aromatic carbocycles. The Morgan fingerprint density at radius 2 is 2.35 bits per heavy atom. The number of fused-ring (bicyclic) bond motifs is 1. The van der Waals surface area contributed by atoms with Crippen molar-refractivity contribution >= 4 is 17.2 Å². The first-order chi connectivity index (χ1) is 11.3. The number of hydrogen-bond acceptors (Lipinski definition) is 4. The standard InChI is InChI=1S/C17H21N3O2S/c1-22-11-13-9-19(17(21)16-3-2-6-23-16)10-15-14(13)7-18-20(15)8-12-4-5-12/h2-3,6-7,12-13H,4-5,8-11H2,1H3/t13-/m1/s1. The van der Waals surface area contributed by atoms with E-state index in [0.717, 1.165) is 17.3 Å². The molecule has 1 aliphatic heterocycles.